The second kappa shape index (κ2) is 6.13. The summed E-state index contributed by atoms with van der Waals surface area (Å²) in [5.41, 5.74) is 0. The quantitative estimate of drug-likeness (QED) is 0.375. The van der Waals surface area contributed by atoms with Crippen molar-refractivity contribution in [2.45, 2.75) is 13.8 Å². The number of Topliss-reactive ketones (excluding diaryl/α,β-unsaturated/α-hetero) is 1. The van der Waals surface area contributed by atoms with Crippen molar-refractivity contribution in [3.8, 4) is 0 Å². The van der Waals surface area contributed by atoms with Crippen molar-refractivity contribution < 1.29 is 68.5 Å². The van der Waals surface area contributed by atoms with Gasteiger partial charge in [-0.15, -0.1) is 0 Å². The largest absolute Gasteiger partial charge is 0.387 e. The van der Waals surface area contributed by atoms with Crippen LogP contribution in [-0.2, 0) is 19.1 Å². The van der Waals surface area contributed by atoms with Crippen molar-refractivity contribution in [2.75, 3.05) is 0 Å². The first-order valence-electron chi connectivity index (χ1n) is 2.27. The van der Waals surface area contributed by atoms with Gasteiger partial charge in [0.2, 0.25) is 5.78 Å². The van der Waals surface area contributed by atoms with Crippen molar-refractivity contribution in [1.29, 1.82) is 0 Å². The van der Waals surface area contributed by atoms with Gasteiger partial charge in [0.25, 0.3) is 0 Å². The van der Waals surface area contributed by atoms with E-state index in [0.29, 0.717) is 0 Å². The fraction of sp³-hybridized carbons (Fsp3) is 0.400. The number of carbonyl (C=O) groups excluding carboxylic acids is 3. The van der Waals surface area contributed by atoms with E-state index in [1.54, 1.807) is 0 Å². The zero-order valence-corrected chi connectivity index (χ0v) is 7.94. The van der Waals surface area contributed by atoms with Crippen molar-refractivity contribution >= 4 is 17.7 Å². The summed E-state index contributed by atoms with van der Waals surface area (Å²) in [6, 6.07) is 0. The average Bonchev–Trinajstić information content (AvgIpc) is 1.63. The van der Waals surface area contributed by atoms with Gasteiger partial charge >= 0.3 is 11.9 Å². The molecule has 0 bridgehead atoms. The Morgan fingerprint density at radius 3 is 1.60 bits per heavy atom. The van der Waals surface area contributed by atoms with Crippen LogP contribution in [0.25, 0.3) is 0 Å². The Bertz CT molecular complexity index is 163. The molecular formula is C5H6EuO4. The molecule has 10 heavy (non-hydrogen) atoms. The fourth-order valence-electron chi connectivity index (χ4n) is 0.202. The molecule has 4 nitrogen and oxygen atoms in total. The molecule has 0 N–H and O–H groups in total. The van der Waals surface area contributed by atoms with Crippen LogP contribution in [-0.4, -0.2) is 17.7 Å². The number of ether oxygens (including phenoxy) is 1. The number of ketones is 1. The van der Waals surface area contributed by atoms with Crippen LogP contribution < -0.4 is 0 Å². The van der Waals surface area contributed by atoms with Crippen LogP contribution in [0.5, 0.6) is 0 Å². The monoisotopic (exact) mass is 283 g/mol. The molecule has 0 amide bonds. The number of esters is 2. The Morgan fingerprint density at radius 1 is 1.10 bits per heavy atom. The maximum atomic E-state index is 10.2. The van der Waals surface area contributed by atoms with Gasteiger partial charge in [0.05, 0.1) is 0 Å². The first kappa shape index (κ1) is 13.0. The summed E-state index contributed by atoms with van der Waals surface area (Å²) in [7, 11) is 0. The van der Waals surface area contributed by atoms with E-state index < -0.39 is 17.7 Å². The number of carbonyl (C=O) groups is 3. The summed E-state index contributed by atoms with van der Waals surface area (Å²) < 4.78 is 3.88. The fourth-order valence-corrected chi connectivity index (χ4v) is 0.202. The molecule has 0 rings (SSSR count). The Kier molecular flexibility index (Phi) is 7.98. The number of rotatable bonds is 1. The summed E-state index contributed by atoms with van der Waals surface area (Å²) in [6.45, 7) is 2.09. The minimum absolute atomic E-state index is 0. The summed E-state index contributed by atoms with van der Waals surface area (Å²) in [5.74, 6) is -2.65. The molecule has 0 aliphatic rings. The molecule has 0 aromatic carbocycles. The van der Waals surface area contributed by atoms with Gasteiger partial charge in [-0.1, -0.05) is 0 Å². The maximum Gasteiger partial charge on any atom is 0.381 e. The second-order valence-electron chi connectivity index (χ2n) is 1.44. The van der Waals surface area contributed by atoms with Gasteiger partial charge in [0.1, 0.15) is 0 Å². The number of hydrogen-bond donors (Lipinski definition) is 0. The van der Waals surface area contributed by atoms with Gasteiger partial charge in [0, 0.05) is 63.2 Å². The van der Waals surface area contributed by atoms with Crippen molar-refractivity contribution in [3.05, 3.63) is 0 Å². The van der Waals surface area contributed by atoms with E-state index in [4.69, 9.17) is 0 Å². The molecule has 57 valence electrons. The maximum absolute atomic E-state index is 10.2. The van der Waals surface area contributed by atoms with Crippen molar-refractivity contribution in [1.82, 2.24) is 0 Å². The van der Waals surface area contributed by atoms with E-state index in [1.165, 1.54) is 0 Å². The van der Waals surface area contributed by atoms with Gasteiger partial charge < -0.3 is 4.74 Å². The summed E-state index contributed by atoms with van der Waals surface area (Å²) in [6.07, 6.45) is 0. The van der Waals surface area contributed by atoms with Crippen LogP contribution in [0.1, 0.15) is 13.8 Å². The van der Waals surface area contributed by atoms with E-state index in [9.17, 15) is 14.4 Å². The molecule has 0 aliphatic heterocycles. The molecule has 0 aromatic heterocycles. The standard InChI is InChI=1S/C5H6O4.Eu/c1-3(6)5(8)9-4(2)7;/h1-2H3;. The Hall–Kier alpha value is 0.394. The van der Waals surface area contributed by atoms with Crippen LogP contribution in [0.2, 0.25) is 0 Å². The van der Waals surface area contributed by atoms with Crippen LogP contribution >= 0.6 is 0 Å². The normalized spacial score (nSPS) is 7.40. The average molecular weight is 282 g/mol. The van der Waals surface area contributed by atoms with Crippen LogP contribution in [0.3, 0.4) is 0 Å². The third-order valence-corrected chi connectivity index (χ3v) is 0.524. The van der Waals surface area contributed by atoms with Crippen LogP contribution in [0.15, 0.2) is 0 Å². The number of hydrogen-bond acceptors (Lipinski definition) is 4. The van der Waals surface area contributed by atoms with E-state index in [1.807, 2.05) is 0 Å². The molecule has 0 saturated heterocycles. The van der Waals surface area contributed by atoms with Gasteiger partial charge in [-0.25, -0.2) is 4.79 Å². The third-order valence-electron chi connectivity index (χ3n) is 0.524. The summed E-state index contributed by atoms with van der Waals surface area (Å²) in [4.78, 5) is 30.2. The van der Waals surface area contributed by atoms with Gasteiger partial charge in [0.15, 0.2) is 0 Å². The molecule has 0 fully saturated rings. The Balaban J connectivity index is 0. The smallest absolute Gasteiger partial charge is 0.381 e. The topological polar surface area (TPSA) is 60.4 Å². The predicted octanol–water partition coefficient (Wildman–Crippen LogP) is -0.335. The molecule has 5 heteroatoms. The van der Waals surface area contributed by atoms with E-state index >= 15 is 0 Å². The van der Waals surface area contributed by atoms with E-state index in [-0.39, 0.29) is 49.4 Å². The Labute approximate surface area is 98.8 Å². The summed E-state index contributed by atoms with van der Waals surface area (Å²) >= 11 is 0. The zero-order chi connectivity index (χ0) is 7.44. The SMILES string of the molecule is CC(=O)OC(=O)C(C)=O.[Eu]. The predicted molar refractivity (Wildman–Crippen MR) is 27.5 cm³/mol. The molecule has 0 unspecified atom stereocenters. The van der Waals surface area contributed by atoms with Gasteiger partial charge in [-0.2, -0.15) is 0 Å². The molecule has 0 aromatic rings. The molecule has 0 aliphatic carbocycles. The van der Waals surface area contributed by atoms with Crippen LogP contribution in [0, 0.1) is 49.4 Å². The van der Waals surface area contributed by atoms with Crippen LogP contribution in [0.4, 0.5) is 0 Å². The van der Waals surface area contributed by atoms with Crippen molar-refractivity contribution in [3.63, 3.8) is 0 Å². The van der Waals surface area contributed by atoms with E-state index in [0.717, 1.165) is 13.8 Å². The minimum atomic E-state index is -1.11. The first-order valence-corrected chi connectivity index (χ1v) is 2.27. The summed E-state index contributed by atoms with van der Waals surface area (Å²) in [5, 5.41) is 0. The second-order valence-corrected chi connectivity index (χ2v) is 1.44. The van der Waals surface area contributed by atoms with E-state index in [2.05, 4.69) is 4.74 Å². The van der Waals surface area contributed by atoms with Gasteiger partial charge in [-0.3, -0.25) is 9.59 Å². The molecule has 0 atom stereocenters. The zero-order valence-electron chi connectivity index (χ0n) is 5.51. The first-order chi connectivity index (χ1) is 4.04. The van der Waals surface area contributed by atoms with Crippen molar-refractivity contribution in [2.24, 2.45) is 0 Å². The third kappa shape index (κ3) is 6.51. The molecule has 0 heterocycles. The Morgan fingerprint density at radius 2 is 1.50 bits per heavy atom. The van der Waals surface area contributed by atoms with Gasteiger partial charge in [-0.05, 0) is 0 Å². The molecule has 1 radical (unpaired) electrons. The molecule has 0 spiro atoms. The minimum Gasteiger partial charge on any atom is -0.387 e. The molecular weight excluding hydrogens is 276 g/mol. The molecule has 0 saturated carbocycles.